The summed E-state index contributed by atoms with van der Waals surface area (Å²) in [6.45, 7) is -3.08. The van der Waals surface area contributed by atoms with Gasteiger partial charge >= 0.3 is 21.7 Å². The Balaban J connectivity index is -0.000000232. The van der Waals surface area contributed by atoms with Crippen molar-refractivity contribution in [3.8, 4) is 5.40 Å². The van der Waals surface area contributed by atoms with Crippen molar-refractivity contribution in [2.75, 3.05) is 0 Å². The summed E-state index contributed by atoms with van der Waals surface area (Å²) in [5, 5.41) is 8.63. The first-order valence-electron chi connectivity index (χ1n) is 6.36. The number of thiol groups is 1. The Hall–Kier alpha value is -1.48. The average Bonchev–Trinajstić information content (AvgIpc) is 3.28. The van der Waals surface area contributed by atoms with Crippen LogP contribution in [0.25, 0.3) is 0 Å². The largest absolute Gasteiger partial charge is 4.00 e. The molecule has 1 aromatic carbocycles. The molecule has 24 heavy (non-hydrogen) atoms. The van der Waals surface area contributed by atoms with E-state index in [9.17, 15) is 13.2 Å². The topological polar surface area (TPSA) is 23.8 Å². The molecule has 0 atom stereocenters. The molecule has 6 heteroatoms. The van der Waals surface area contributed by atoms with Crippen molar-refractivity contribution in [3.05, 3.63) is 91.7 Å². The molecule has 0 saturated heterocycles. The Kier molecular flexibility index (Phi) is 30.1. The number of thiocyanates is 1. The van der Waals surface area contributed by atoms with Gasteiger partial charge < -0.3 is 13.2 Å². The first-order valence-corrected chi connectivity index (χ1v) is 6.81. The molecule has 124 valence electrons. The van der Waals surface area contributed by atoms with Crippen LogP contribution in [0.3, 0.4) is 0 Å². The fraction of sp³-hybridized carbons (Fsp3) is 0.111. The number of nitriles is 1. The van der Waals surface area contributed by atoms with Crippen LogP contribution in [0.1, 0.15) is 12.8 Å². The smallest absolute Gasteiger partial charge is 0.385 e. The van der Waals surface area contributed by atoms with Crippen molar-refractivity contribution in [2.45, 2.75) is 12.8 Å². The normalized spacial score (nSPS) is 11.2. The van der Waals surface area contributed by atoms with E-state index in [1.165, 1.54) is 5.40 Å². The van der Waals surface area contributed by atoms with Gasteiger partial charge in [-0.2, -0.15) is 53.8 Å². The molecular formula is C18H16F3NSTi. The fourth-order valence-electron chi connectivity index (χ4n) is 1.02. The second-order valence-corrected chi connectivity index (χ2v) is 3.60. The molecule has 0 spiro atoms. The van der Waals surface area contributed by atoms with Gasteiger partial charge in [0.1, 0.15) is 5.40 Å². The van der Waals surface area contributed by atoms with Gasteiger partial charge in [-0.3, -0.25) is 12.2 Å². The van der Waals surface area contributed by atoms with E-state index in [-0.39, 0.29) is 21.7 Å². The molecule has 0 saturated carbocycles. The molecule has 0 radical (unpaired) electrons. The summed E-state index contributed by atoms with van der Waals surface area (Å²) < 4.78 is 28.8. The van der Waals surface area contributed by atoms with E-state index in [0.717, 1.165) is 12.8 Å². The molecular weight excluding hydrogens is 367 g/mol. The summed E-state index contributed by atoms with van der Waals surface area (Å²) >= 11 is 3.09. The molecule has 0 heterocycles. The summed E-state index contributed by atoms with van der Waals surface area (Å²) in [5.74, 6) is 0. The Bertz CT molecular complexity index is 423. The predicted molar refractivity (Wildman–Crippen MR) is 89.6 cm³/mol. The third-order valence-corrected chi connectivity index (χ3v) is 1.78. The van der Waals surface area contributed by atoms with Gasteiger partial charge in [-0.15, -0.1) is 12.8 Å². The molecule has 0 bridgehead atoms. The van der Waals surface area contributed by atoms with E-state index < -0.39 is 6.68 Å². The van der Waals surface area contributed by atoms with Crippen molar-refractivity contribution in [2.24, 2.45) is 0 Å². The van der Waals surface area contributed by atoms with Gasteiger partial charge in [-0.25, -0.2) is 24.3 Å². The van der Waals surface area contributed by atoms with Crippen LogP contribution in [0.15, 0.2) is 66.8 Å². The van der Waals surface area contributed by atoms with Gasteiger partial charge in [0.15, 0.2) is 6.68 Å². The van der Waals surface area contributed by atoms with E-state index in [4.69, 9.17) is 5.26 Å². The van der Waals surface area contributed by atoms with Crippen LogP contribution >= 0.6 is 12.6 Å². The van der Waals surface area contributed by atoms with Crippen LogP contribution in [-0.2, 0) is 21.7 Å². The summed E-state index contributed by atoms with van der Waals surface area (Å²) in [6.07, 6.45) is 20.0. The molecule has 0 fully saturated rings. The van der Waals surface area contributed by atoms with E-state index in [1.54, 1.807) is 0 Å². The molecule has 0 aromatic heterocycles. The summed E-state index contributed by atoms with van der Waals surface area (Å²) in [4.78, 5) is 0. The standard InChI is InChI=1S/C6H5.2C5H5.CF3.CHNS.Ti/c1-2-4-6-5-3-1;2*1-2-4-5-3-1;2-1(3)4;2-1-3;/h1-5H;2*1-3H,4H2;;3H;/q4*-1;;+4. The molecule has 1 nitrogen and oxygen atoms in total. The minimum absolute atomic E-state index is 0. The number of nitrogens with zero attached hydrogens (tertiary/aromatic N) is 1. The van der Waals surface area contributed by atoms with Crippen molar-refractivity contribution in [1.82, 2.24) is 0 Å². The SMILES string of the molecule is F[C-](F)F.N#CS.[C-]1=CC=CC1.[C-]1=CC=CC1.[Ti+4].[c-]1ccccc1. The molecule has 2 aliphatic rings. The maximum atomic E-state index is 9.58. The Morgan fingerprint density at radius 3 is 1.38 bits per heavy atom. The first kappa shape index (κ1) is 27.4. The maximum absolute atomic E-state index is 9.58. The monoisotopic (exact) mass is 383 g/mol. The van der Waals surface area contributed by atoms with Crippen LogP contribution in [0, 0.1) is 35.6 Å². The van der Waals surface area contributed by atoms with Gasteiger partial charge in [0, 0.05) is 0 Å². The Labute approximate surface area is 162 Å². The van der Waals surface area contributed by atoms with E-state index in [0.29, 0.717) is 0 Å². The van der Waals surface area contributed by atoms with Crippen molar-refractivity contribution < 1.29 is 34.9 Å². The number of halogens is 3. The third kappa shape index (κ3) is 37.1. The number of benzene rings is 1. The first-order chi connectivity index (χ1) is 11.1. The molecule has 0 aliphatic heterocycles. The second-order valence-electron chi connectivity index (χ2n) is 3.40. The number of rotatable bonds is 0. The second kappa shape index (κ2) is 26.4. The molecule has 1 aromatic rings. The average molecular weight is 383 g/mol. The van der Waals surface area contributed by atoms with Gasteiger partial charge in [-0.1, -0.05) is 12.6 Å². The Morgan fingerprint density at radius 2 is 1.29 bits per heavy atom. The quantitative estimate of drug-likeness (QED) is 0.259. The van der Waals surface area contributed by atoms with E-state index >= 15 is 0 Å². The summed E-state index contributed by atoms with van der Waals surface area (Å²) in [6, 6.07) is 12.5. The van der Waals surface area contributed by atoms with Gasteiger partial charge in [-0.05, 0) is 0 Å². The fourth-order valence-corrected chi connectivity index (χ4v) is 1.02. The number of hydrogen-bond donors (Lipinski definition) is 1. The number of allylic oxidation sites excluding steroid dienone is 8. The zero-order valence-corrected chi connectivity index (χ0v) is 15.2. The van der Waals surface area contributed by atoms with Crippen LogP contribution in [0.2, 0.25) is 0 Å². The predicted octanol–water partition coefficient (Wildman–Crippen LogP) is 5.83. The van der Waals surface area contributed by atoms with E-state index in [1.807, 2.05) is 54.6 Å². The van der Waals surface area contributed by atoms with Gasteiger partial charge in [0.05, 0.1) is 0 Å². The minimum Gasteiger partial charge on any atom is -0.385 e. The molecule has 0 amide bonds. The minimum atomic E-state index is -3.08. The van der Waals surface area contributed by atoms with Crippen LogP contribution in [-0.4, -0.2) is 0 Å². The van der Waals surface area contributed by atoms with Crippen molar-refractivity contribution >= 4 is 12.6 Å². The molecule has 3 rings (SSSR count). The summed E-state index contributed by atoms with van der Waals surface area (Å²) in [5.41, 5.74) is 0. The van der Waals surface area contributed by atoms with E-state index in [2.05, 4.69) is 43.0 Å². The Morgan fingerprint density at radius 1 is 0.917 bits per heavy atom. The van der Waals surface area contributed by atoms with Crippen LogP contribution < -0.4 is 0 Å². The van der Waals surface area contributed by atoms with Gasteiger partial charge in [0.2, 0.25) is 0 Å². The maximum Gasteiger partial charge on any atom is 4.00 e. The van der Waals surface area contributed by atoms with Crippen LogP contribution in [0.5, 0.6) is 0 Å². The van der Waals surface area contributed by atoms with Crippen LogP contribution in [0.4, 0.5) is 13.2 Å². The molecule has 0 unspecified atom stereocenters. The number of hydrogen-bond acceptors (Lipinski definition) is 2. The van der Waals surface area contributed by atoms with Crippen molar-refractivity contribution in [3.63, 3.8) is 0 Å². The molecule has 2 aliphatic carbocycles. The third-order valence-electron chi connectivity index (χ3n) is 1.78. The zero-order valence-electron chi connectivity index (χ0n) is 12.8. The molecule has 0 N–H and O–H groups in total. The van der Waals surface area contributed by atoms with Gasteiger partial charge in [0.25, 0.3) is 0 Å². The zero-order chi connectivity index (χ0) is 17.6. The van der Waals surface area contributed by atoms with Crippen molar-refractivity contribution in [1.29, 1.82) is 5.26 Å². The summed E-state index contributed by atoms with van der Waals surface area (Å²) in [7, 11) is 0.